The molecule has 6 saturated heterocycles. The van der Waals surface area contributed by atoms with Crippen LogP contribution in [0.3, 0.4) is 0 Å². The number of nitro groups is 4. The molecule has 29 nitrogen and oxygen atoms in total. The summed E-state index contributed by atoms with van der Waals surface area (Å²) >= 11 is 16.1. The van der Waals surface area contributed by atoms with Gasteiger partial charge in [0.25, 0.3) is 22.7 Å². The van der Waals surface area contributed by atoms with Gasteiger partial charge in [-0.1, -0.05) is 94.9 Å². The lowest BCUT2D eigenvalue weighted by Crippen LogP contribution is -2.50. The highest BCUT2D eigenvalue weighted by Gasteiger charge is 2.40. The first kappa shape index (κ1) is 94.9. The van der Waals surface area contributed by atoms with Crippen LogP contribution in [-0.4, -0.2) is 220 Å². The third kappa shape index (κ3) is 23.7. The fourth-order valence-electron chi connectivity index (χ4n) is 15.2. The highest BCUT2D eigenvalue weighted by Crippen LogP contribution is 2.45. The summed E-state index contributed by atoms with van der Waals surface area (Å²) in [7, 11) is -13.6. The maximum absolute atomic E-state index is 13.6. The average Bonchev–Trinajstić information content (AvgIpc) is 0.801. The highest BCUT2D eigenvalue weighted by atomic mass is 35.5. The van der Waals surface area contributed by atoms with Crippen LogP contribution < -0.4 is 4.74 Å². The van der Waals surface area contributed by atoms with E-state index in [9.17, 15) is 74.1 Å². The van der Waals surface area contributed by atoms with Gasteiger partial charge in [-0.15, -0.1) is 0 Å². The largest absolute Gasteiger partial charge is 0.456 e. The fourth-order valence-corrected chi connectivity index (χ4v) is 26.1. The van der Waals surface area contributed by atoms with Crippen LogP contribution in [0, 0.1) is 82.0 Å². The molecule has 0 saturated carbocycles. The van der Waals surface area contributed by atoms with E-state index in [4.69, 9.17) is 27.9 Å². The Morgan fingerprint density at radius 3 is 1.08 bits per heavy atom. The van der Waals surface area contributed by atoms with Crippen LogP contribution in [0.1, 0.15) is 98.6 Å². The second-order valence-electron chi connectivity index (χ2n) is 31.3. The summed E-state index contributed by atoms with van der Waals surface area (Å²) < 4.78 is 120. The van der Waals surface area contributed by atoms with Gasteiger partial charge < -0.3 is 19.4 Å². The fraction of sp³-hybridized carbons (Fsp3) is 0.429. The zero-order valence-electron chi connectivity index (χ0n) is 69.5. The zero-order valence-corrected chi connectivity index (χ0v) is 76.7. The van der Waals surface area contributed by atoms with E-state index in [0.29, 0.717) is 132 Å². The molecule has 0 spiro atoms. The first-order valence-electron chi connectivity index (χ1n) is 40.2. The van der Waals surface area contributed by atoms with Crippen molar-refractivity contribution in [2.45, 2.75) is 174 Å². The molecule has 6 heterocycles. The number of likely N-dealkylation sites (N-methyl/N-ethyl adjacent to an activating group) is 1. The Hall–Kier alpha value is -7.73. The van der Waals surface area contributed by atoms with Gasteiger partial charge >= 0.3 is 0 Å². The van der Waals surface area contributed by atoms with Crippen LogP contribution in [0.25, 0.3) is 0 Å². The molecule has 656 valence electrons. The summed E-state index contributed by atoms with van der Waals surface area (Å²) in [6.07, 6.45) is 7.84. The third-order valence-electron chi connectivity index (χ3n) is 22.5. The molecule has 6 aliphatic heterocycles. The van der Waals surface area contributed by atoms with Crippen LogP contribution >= 0.6 is 58.5 Å². The predicted octanol–water partition coefficient (Wildman–Crippen LogP) is 16.9. The van der Waals surface area contributed by atoms with Gasteiger partial charge in [-0.05, 0) is 234 Å². The first-order valence-corrected chi connectivity index (χ1v) is 49.2. The number of sulfonamides is 4. The molecule has 6 fully saturated rings. The normalized spacial score (nSPS) is 17.5. The van der Waals surface area contributed by atoms with E-state index in [2.05, 4.69) is 33.4 Å². The minimum atomic E-state index is -3.95. The van der Waals surface area contributed by atoms with Crippen molar-refractivity contribution in [1.29, 1.82) is 0 Å². The van der Waals surface area contributed by atoms with Gasteiger partial charge in [0, 0.05) is 180 Å². The molecule has 0 unspecified atom stereocenters. The van der Waals surface area contributed by atoms with Gasteiger partial charge in [0.15, 0.2) is 0 Å². The lowest BCUT2D eigenvalue weighted by molar-refractivity contribution is -0.385. The van der Waals surface area contributed by atoms with Crippen molar-refractivity contribution in [2.24, 2.45) is 0 Å². The summed E-state index contributed by atoms with van der Waals surface area (Å²) in [5.41, 5.74) is 5.02. The van der Waals surface area contributed by atoms with Gasteiger partial charge in [-0.3, -0.25) is 45.4 Å². The summed E-state index contributed by atoms with van der Waals surface area (Å²) in [5.74, 6) is 0.633. The smallest absolute Gasteiger partial charge is 0.271 e. The molecule has 8 aromatic carbocycles. The Balaban J connectivity index is 0.000000159. The van der Waals surface area contributed by atoms with E-state index >= 15 is 0 Å². The van der Waals surface area contributed by atoms with Crippen LogP contribution in [0.15, 0.2) is 195 Å². The van der Waals surface area contributed by atoms with Crippen molar-refractivity contribution < 1.29 is 58.1 Å². The number of piperidine rings is 2. The number of nitrogens with zero attached hydrogens (tertiary/aromatic N) is 12. The summed E-state index contributed by atoms with van der Waals surface area (Å²) in [5, 5.41) is 46.2. The summed E-state index contributed by atoms with van der Waals surface area (Å²) in [4.78, 5) is 55.8. The Labute approximate surface area is 737 Å². The molecule has 122 heavy (non-hydrogen) atoms. The van der Waals surface area contributed by atoms with E-state index in [1.54, 1.807) is 24.3 Å². The Morgan fingerprint density at radius 2 is 0.697 bits per heavy atom. The molecule has 0 aliphatic carbocycles. The van der Waals surface area contributed by atoms with Gasteiger partial charge in [-0.2, -0.15) is 17.2 Å². The van der Waals surface area contributed by atoms with Crippen molar-refractivity contribution >= 4 is 121 Å². The predicted molar refractivity (Wildman–Crippen MR) is 476 cm³/mol. The summed E-state index contributed by atoms with van der Waals surface area (Å²) in [6, 6.07) is 39.6. The number of benzene rings is 8. The van der Waals surface area contributed by atoms with Crippen molar-refractivity contribution in [3.05, 3.63) is 229 Å². The monoisotopic (exact) mass is 1840 g/mol. The van der Waals surface area contributed by atoms with Crippen LogP contribution in [0.2, 0.25) is 10.0 Å². The molecule has 0 amide bonds. The number of non-ortho nitro benzene ring substituents is 4. The molecular weight excluding hydrogens is 1740 g/mol. The number of hydrogen-bond donors (Lipinski definition) is 0. The highest BCUT2D eigenvalue weighted by molar-refractivity contribution is 8.01. The van der Waals surface area contributed by atoms with Gasteiger partial charge in [0.05, 0.1) is 24.7 Å². The number of rotatable bonds is 23. The minimum Gasteiger partial charge on any atom is -0.456 e. The lowest BCUT2D eigenvalue weighted by atomic mass is 10.1. The molecule has 8 aromatic rings. The molecule has 0 radical (unpaired) electrons. The maximum atomic E-state index is 13.6. The van der Waals surface area contributed by atoms with E-state index < -0.39 is 59.8 Å². The molecule has 0 bridgehead atoms. The zero-order chi connectivity index (χ0) is 88.3. The lowest BCUT2D eigenvalue weighted by Gasteiger charge is -2.36. The van der Waals surface area contributed by atoms with Gasteiger partial charge in [0.1, 0.15) is 31.1 Å². The number of hydrogen-bond acceptors (Lipinski definition) is 24. The molecular formula is C84H102Cl2N12O17S7. The van der Waals surface area contributed by atoms with Gasteiger partial charge in [-0.25, -0.2) is 33.7 Å². The number of aryl methyl sites for hydroxylation is 6. The van der Waals surface area contributed by atoms with Crippen LogP contribution in [0.5, 0.6) is 11.5 Å². The molecule has 38 heteroatoms. The van der Waals surface area contributed by atoms with Crippen molar-refractivity contribution in [1.82, 2.24) is 36.8 Å². The second-order valence-corrected chi connectivity index (χ2v) is 43.1. The van der Waals surface area contributed by atoms with Crippen molar-refractivity contribution in [3.8, 4) is 11.5 Å². The SMILES string of the molecule is Cc1ccc(C)c(Oc2ccc([N+](=O)[O-])cc2S(=O)(=O)N2CCC(N3CCCC3)CC2)c1.Cc1ccc(C)c(Sc2ccc([N+](=O)[O-])cc2S(=O)(=O)N2CCN(C(C)C)CC2)c1.Cc1ccc(C)c(Sc2ccc([N+](=O)[O-])cc2S(=O)(=O)N2CCN(C)CC2)c1.O=[N+]([O-])c1ccc(Sc2cc(Cl)ccc2Cl)c(S(=O)(=O)N2CCC(N3CCCC3)CC2)c1. The number of likely N-dealkylation sites (tertiary alicyclic amines) is 2. The van der Waals surface area contributed by atoms with Gasteiger partial charge in [0.2, 0.25) is 40.1 Å². The third-order valence-corrected chi connectivity index (χ3v) is 34.9. The molecule has 0 aromatic heterocycles. The number of nitro benzene ring substituents is 4. The van der Waals surface area contributed by atoms with Crippen LogP contribution in [0.4, 0.5) is 22.7 Å². The molecule has 6 aliphatic rings. The molecule has 0 atom stereocenters. The van der Waals surface area contributed by atoms with Crippen molar-refractivity contribution in [3.63, 3.8) is 0 Å². The van der Waals surface area contributed by atoms with E-state index in [1.165, 1.54) is 121 Å². The van der Waals surface area contributed by atoms with Crippen molar-refractivity contribution in [2.75, 3.05) is 112 Å². The first-order chi connectivity index (χ1) is 57.8. The average molecular weight is 1850 g/mol. The Kier molecular flexibility index (Phi) is 32.4. The Bertz CT molecular complexity index is 5470. The van der Waals surface area contributed by atoms with Crippen LogP contribution in [-0.2, 0) is 40.1 Å². The number of piperazine rings is 2. The molecule has 0 N–H and O–H groups in total. The maximum Gasteiger partial charge on any atom is 0.271 e. The standard InChI is InChI=1S/C23H29N3O5S.C21H23Cl2N3O4S2.C21H27N3O4S2.C19H23N3O4S2/c1-17-5-6-18(2)22(15-17)31-21-8-7-20(26(27)28)16-23(21)32(29,30)25-13-9-19(10-14-25)24-11-3-4-12-24;22-15-3-5-18(23)20(13-15)31-19-6-4-17(26(27)28)14-21(19)32(29,30)25-11-7-16(8-12-25)24-9-1-2-10-24;1-15(2)22-9-11-23(12-10-22)30(27,28)21-14-18(24(25)26)7-8-19(21)29-20-13-16(3)5-6-17(20)4;1-14-4-5-15(2)18(12-14)27-17-7-6-16(22(23)24)13-19(17)28(25,26)21-10-8-20(3)9-11-21/h5-8,15-16,19H,3-4,9-14H2,1-2H3;3-6,13-14,16H,1-2,7-12H2;5-8,13-15H,9-12H2,1-4H3;4-7,12-13H,8-11H2,1-3H3. The van der Waals surface area contributed by atoms with E-state index in [1.807, 2.05) is 103 Å². The van der Waals surface area contributed by atoms with E-state index in [0.717, 1.165) is 119 Å². The Morgan fingerprint density at radius 1 is 0.361 bits per heavy atom. The number of halogens is 2. The number of ether oxygens (including phenoxy) is 1. The molecule has 14 rings (SSSR count). The summed E-state index contributed by atoms with van der Waals surface area (Å²) in [6.45, 7) is 25.8. The quantitative estimate of drug-likeness (QED) is 0.0424. The second kappa shape index (κ2) is 41.6. The topological polar surface area (TPSA) is 344 Å². The minimum absolute atomic E-state index is 0.000558. The van der Waals surface area contributed by atoms with E-state index in [-0.39, 0.29) is 48.1 Å².